The zero-order valence-corrected chi connectivity index (χ0v) is 24.1. The van der Waals surface area contributed by atoms with Crippen LogP contribution >= 0.6 is 23.2 Å². The number of hydrogen-bond acceptors (Lipinski definition) is 4. The number of anilines is 1. The monoisotopic (exact) mass is 575 g/mol. The third-order valence-corrected chi connectivity index (χ3v) is 8.63. The summed E-state index contributed by atoms with van der Waals surface area (Å²) < 4.78 is 28.8. The zero-order valence-electron chi connectivity index (χ0n) is 21.7. The van der Waals surface area contributed by atoms with Gasteiger partial charge in [0, 0.05) is 28.7 Å². The number of hydrogen-bond donors (Lipinski definition) is 1. The Balaban J connectivity index is 2.10. The summed E-state index contributed by atoms with van der Waals surface area (Å²) in [5.74, 6) is -0.964. The van der Waals surface area contributed by atoms with Crippen LogP contribution in [-0.4, -0.2) is 44.3 Å². The lowest BCUT2D eigenvalue weighted by Gasteiger charge is -2.32. The second kappa shape index (κ2) is 12.7. The molecule has 0 heterocycles. The minimum atomic E-state index is -4.13. The number of carbonyl (C=O) groups excluding carboxylic acids is 2. The number of halogens is 2. The van der Waals surface area contributed by atoms with E-state index < -0.39 is 28.5 Å². The summed E-state index contributed by atoms with van der Waals surface area (Å²) in [6.45, 7) is 6.74. The van der Waals surface area contributed by atoms with E-state index in [9.17, 15) is 18.0 Å². The molecule has 38 heavy (non-hydrogen) atoms. The number of likely N-dealkylation sites (N-methyl/N-ethyl adjacent to an activating group) is 1. The van der Waals surface area contributed by atoms with Crippen molar-refractivity contribution in [2.45, 2.75) is 45.2 Å². The molecule has 0 fully saturated rings. The summed E-state index contributed by atoms with van der Waals surface area (Å²) in [7, 11) is -4.13. The van der Waals surface area contributed by atoms with Gasteiger partial charge in [0.1, 0.15) is 12.6 Å². The summed E-state index contributed by atoms with van der Waals surface area (Å²) in [4.78, 5) is 28.1. The van der Waals surface area contributed by atoms with E-state index in [1.807, 2.05) is 13.0 Å². The third-order valence-electron chi connectivity index (χ3n) is 6.15. The first kappa shape index (κ1) is 29.5. The highest BCUT2D eigenvalue weighted by Gasteiger charge is 2.33. The molecule has 0 spiro atoms. The SMILES string of the molecule is CCNC(=O)C(C)N(Cc1c(Cl)cccc1Cl)C(=O)CN(c1cc(C)ccc1C)S(=O)(=O)c1ccccc1. The number of sulfonamides is 1. The Bertz CT molecular complexity index is 1390. The van der Waals surface area contributed by atoms with Crippen LogP contribution < -0.4 is 9.62 Å². The molecule has 0 aliphatic rings. The summed E-state index contributed by atoms with van der Waals surface area (Å²) in [6, 6.07) is 17.4. The van der Waals surface area contributed by atoms with Crippen molar-refractivity contribution < 1.29 is 18.0 Å². The number of nitrogens with one attached hydrogen (secondary N) is 1. The van der Waals surface area contributed by atoms with Crippen LogP contribution in [0.3, 0.4) is 0 Å². The number of rotatable bonds is 10. The predicted octanol–water partition coefficient (Wildman–Crippen LogP) is 5.36. The molecule has 7 nitrogen and oxygen atoms in total. The molecular formula is C28H31Cl2N3O4S. The Morgan fingerprint density at radius 2 is 1.58 bits per heavy atom. The maximum absolute atomic E-state index is 13.9. The first-order valence-electron chi connectivity index (χ1n) is 12.1. The van der Waals surface area contributed by atoms with E-state index in [2.05, 4.69) is 5.32 Å². The summed E-state index contributed by atoms with van der Waals surface area (Å²) >= 11 is 12.8. The van der Waals surface area contributed by atoms with Crippen molar-refractivity contribution in [3.8, 4) is 0 Å². The molecule has 0 aliphatic heterocycles. The van der Waals surface area contributed by atoms with Gasteiger partial charge in [-0.2, -0.15) is 0 Å². The van der Waals surface area contributed by atoms with Gasteiger partial charge in [-0.3, -0.25) is 13.9 Å². The van der Waals surface area contributed by atoms with Crippen LogP contribution in [0.5, 0.6) is 0 Å². The number of aryl methyl sites for hydroxylation is 2. The van der Waals surface area contributed by atoms with E-state index in [0.29, 0.717) is 33.4 Å². The largest absolute Gasteiger partial charge is 0.355 e. The fraction of sp³-hybridized carbons (Fsp3) is 0.286. The molecule has 3 rings (SSSR count). The fourth-order valence-electron chi connectivity index (χ4n) is 3.98. The van der Waals surface area contributed by atoms with Crippen LogP contribution in [0.2, 0.25) is 10.0 Å². The lowest BCUT2D eigenvalue weighted by molar-refractivity contribution is -0.139. The van der Waals surface area contributed by atoms with Crippen molar-refractivity contribution in [2.75, 3.05) is 17.4 Å². The molecule has 202 valence electrons. The maximum atomic E-state index is 13.9. The van der Waals surface area contributed by atoms with Crippen molar-refractivity contribution in [3.63, 3.8) is 0 Å². The number of nitrogens with zero attached hydrogens (tertiary/aromatic N) is 2. The van der Waals surface area contributed by atoms with E-state index in [1.54, 1.807) is 69.3 Å². The summed E-state index contributed by atoms with van der Waals surface area (Å²) in [5.41, 5.74) is 2.36. The van der Waals surface area contributed by atoms with Crippen molar-refractivity contribution in [2.24, 2.45) is 0 Å². The summed E-state index contributed by atoms with van der Waals surface area (Å²) in [5, 5.41) is 3.39. The molecule has 0 saturated heterocycles. The van der Waals surface area contributed by atoms with Gasteiger partial charge in [0.05, 0.1) is 10.6 Å². The van der Waals surface area contributed by atoms with E-state index in [-0.39, 0.29) is 17.3 Å². The van der Waals surface area contributed by atoms with Crippen LogP contribution in [0, 0.1) is 13.8 Å². The second-order valence-corrected chi connectivity index (χ2v) is 11.6. The molecule has 10 heteroatoms. The van der Waals surface area contributed by atoms with Crippen molar-refractivity contribution >= 4 is 50.7 Å². The molecule has 0 bridgehead atoms. The number of carbonyl (C=O) groups is 2. The highest BCUT2D eigenvalue weighted by atomic mass is 35.5. The molecule has 1 unspecified atom stereocenters. The van der Waals surface area contributed by atoms with Crippen LogP contribution in [0.4, 0.5) is 5.69 Å². The summed E-state index contributed by atoms with van der Waals surface area (Å²) in [6.07, 6.45) is 0. The van der Waals surface area contributed by atoms with E-state index in [4.69, 9.17) is 23.2 Å². The van der Waals surface area contributed by atoms with Gasteiger partial charge in [0.15, 0.2) is 0 Å². The molecule has 3 aromatic rings. The predicted molar refractivity (Wildman–Crippen MR) is 152 cm³/mol. The molecule has 1 N–H and O–H groups in total. The Hall–Kier alpha value is -3.07. The zero-order chi connectivity index (χ0) is 28.0. The van der Waals surface area contributed by atoms with Gasteiger partial charge in [-0.15, -0.1) is 0 Å². The minimum Gasteiger partial charge on any atom is -0.355 e. The lowest BCUT2D eigenvalue weighted by Crippen LogP contribution is -2.51. The lowest BCUT2D eigenvalue weighted by atomic mass is 10.1. The maximum Gasteiger partial charge on any atom is 0.264 e. The van der Waals surface area contributed by atoms with Gasteiger partial charge in [-0.25, -0.2) is 8.42 Å². The minimum absolute atomic E-state index is 0.0474. The van der Waals surface area contributed by atoms with Gasteiger partial charge < -0.3 is 10.2 Å². The average molecular weight is 577 g/mol. The van der Waals surface area contributed by atoms with E-state index >= 15 is 0 Å². The van der Waals surface area contributed by atoms with E-state index in [0.717, 1.165) is 9.87 Å². The Morgan fingerprint density at radius 1 is 0.947 bits per heavy atom. The Labute approximate surface area is 234 Å². The van der Waals surface area contributed by atoms with Gasteiger partial charge in [0.2, 0.25) is 11.8 Å². The number of amides is 2. The smallest absolute Gasteiger partial charge is 0.264 e. The number of benzene rings is 3. The molecule has 1 atom stereocenters. The molecule has 0 aliphatic carbocycles. The van der Waals surface area contributed by atoms with Gasteiger partial charge in [-0.05, 0) is 69.2 Å². The van der Waals surface area contributed by atoms with E-state index in [1.165, 1.54) is 17.0 Å². The van der Waals surface area contributed by atoms with Crippen LogP contribution in [0.25, 0.3) is 0 Å². The standard InChI is InChI=1S/C28H31Cl2N3O4S/c1-5-31-28(35)21(4)32(17-23-24(29)12-9-13-25(23)30)27(34)18-33(26-16-19(2)14-15-20(26)3)38(36,37)22-10-7-6-8-11-22/h6-16,21H,5,17-18H2,1-4H3,(H,31,35). The van der Waals surface area contributed by atoms with Crippen LogP contribution in [0.15, 0.2) is 71.6 Å². The molecule has 2 amide bonds. The fourth-order valence-corrected chi connectivity index (χ4v) is 5.99. The highest BCUT2D eigenvalue weighted by molar-refractivity contribution is 7.92. The highest BCUT2D eigenvalue weighted by Crippen LogP contribution is 2.30. The van der Waals surface area contributed by atoms with Gasteiger partial charge in [-0.1, -0.05) is 59.6 Å². The average Bonchev–Trinajstić information content (AvgIpc) is 2.88. The molecule has 0 radical (unpaired) electrons. The Kier molecular flexibility index (Phi) is 9.82. The first-order chi connectivity index (χ1) is 18.0. The normalized spacial score (nSPS) is 12.1. The molecular weight excluding hydrogens is 545 g/mol. The van der Waals surface area contributed by atoms with Crippen LogP contribution in [-0.2, 0) is 26.2 Å². The first-order valence-corrected chi connectivity index (χ1v) is 14.3. The third kappa shape index (κ3) is 6.67. The van der Waals surface area contributed by atoms with Crippen molar-refractivity contribution in [1.29, 1.82) is 0 Å². The van der Waals surface area contributed by atoms with Crippen molar-refractivity contribution in [1.82, 2.24) is 10.2 Å². The molecule has 3 aromatic carbocycles. The molecule has 0 saturated carbocycles. The van der Waals surface area contributed by atoms with Crippen molar-refractivity contribution in [3.05, 3.63) is 93.5 Å². The van der Waals surface area contributed by atoms with Gasteiger partial charge >= 0.3 is 0 Å². The molecule has 0 aromatic heterocycles. The van der Waals surface area contributed by atoms with Gasteiger partial charge in [0.25, 0.3) is 10.0 Å². The second-order valence-electron chi connectivity index (χ2n) is 8.91. The quantitative estimate of drug-likeness (QED) is 0.352. The van der Waals surface area contributed by atoms with Crippen LogP contribution in [0.1, 0.15) is 30.5 Å². The topological polar surface area (TPSA) is 86.8 Å². The Morgan fingerprint density at radius 3 is 2.18 bits per heavy atom.